The summed E-state index contributed by atoms with van der Waals surface area (Å²) in [7, 11) is 0. The molecule has 2 aliphatic heterocycles. The second-order valence-electron chi connectivity index (χ2n) is 6.33. The summed E-state index contributed by atoms with van der Waals surface area (Å²) in [6.45, 7) is 7.14. The van der Waals surface area contributed by atoms with E-state index in [1.165, 1.54) is 0 Å². The number of amides is 2. The highest BCUT2D eigenvalue weighted by atomic mass is 16.6. The minimum atomic E-state index is -0.339. The van der Waals surface area contributed by atoms with Crippen LogP contribution in [0, 0.1) is 17.0 Å². The summed E-state index contributed by atoms with van der Waals surface area (Å²) in [5, 5.41) is 18.6. The molecule has 0 bridgehead atoms. The van der Waals surface area contributed by atoms with E-state index in [0.717, 1.165) is 32.4 Å². The maximum atomic E-state index is 12.0. The summed E-state index contributed by atoms with van der Waals surface area (Å²) >= 11 is 0. The molecule has 0 aromatic carbocycles. The summed E-state index contributed by atoms with van der Waals surface area (Å²) < 4.78 is 1.71. The molecule has 0 atom stereocenters. The largest absolute Gasteiger partial charge is 0.351 e. The number of aromatic nitrogens is 2. The lowest BCUT2D eigenvalue weighted by Gasteiger charge is -2.40. The summed E-state index contributed by atoms with van der Waals surface area (Å²) in [4.78, 5) is 27.0. The van der Waals surface area contributed by atoms with Gasteiger partial charge < -0.3 is 15.1 Å². The van der Waals surface area contributed by atoms with Gasteiger partial charge >= 0.3 is 11.7 Å². The average Bonchev–Trinajstić information content (AvgIpc) is 2.92. The molecule has 0 saturated carbocycles. The maximum absolute atomic E-state index is 12.0. The van der Waals surface area contributed by atoms with Gasteiger partial charge in [0.2, 0.25) is 5.82 Å². The van der Waals surface area contributed by atoms with Gasteiger partial charge in [0.15, 0.2) is 0 Å². The Morgan fingerprint density at radius 3 is 2.62 bits per heavy atom. The van der Waals surface area contributed by atoms with Gasteiger partial charge in [0.05, 0.1) is 4.92 Å². The Morgan fingerprint density at radius 1 is 1.33 bits per heavy atom. The van der Waals surface area contributed by atoms with Crippen LogP contribution >= 0.6 is 0 Å². The van der Waals surface area contributed by atoms with Crippen LogP contribution in [0.3, 0.4) is 0 Å². The van der Waals surface area contributed by atoms with Crippen molar-refractivity contribution in [3.05, 3.63) is 15.8 Å². The van der Waals surface area contributed by atoms with Crippen molar-refractivity contribution in [3.8, 4) is 0 Å². The van der Waals surface area contributed by atoms with E-state index in [4.69, 9.17) is 0 Å². The van der Waals surface area contributed by atoms with Crippen molar-refractivity contribution < 1.29 is 9.72 Å². The Hall–Kier alpha value is -2.32. The SMILES string of the molecule is CCn1nc(C)c([N+](=O)[O-])c1N1CCC(N2CCCNC2=O)CC1. The highest BCUT2D eigenvalue weighted by molar-refractivity contribution is 5.75. The lowest BCUT2D eigenvalue weighted by atomic mass is 10.0. The molecule has 0 unspecified atom stereocenters. The van der Waals surface area contributed by atoms with Crippen LogP contribution in [-0.4, -0.2) is 57.9 Å². The van der Waals surface area contributed by atoms with E-state index in [-0.39, 0.29) is 22.7 Å². The number of carbonyl (C=O) groups excluding carboxylic acids is 1. The number of nitrogens with one attached hydrogen (secondary N) is 1. The highest BCUT2D eigenvalue weighted by Gasteiger charge is 2.34. The topological polar surface area (TPSA) is 96.5 Å². The van der Waals surface area contributed by atoms with E-state index < -0.39 is 0 Å². The van der Waals surface area contributed by atoms with Gasteiger partial charge in [-0.25, -0.2) is 9.48 Å². The first kappa shape index (κ1) is 16.5. The number of hydrogen-bond acceptors (Lipinski definition) is 5. The fraction of sp³-hybridized carbons (Fsp3) is 0.733. The number of piperidine rings is 1. The van der Waals surface area contributed by atoms with Crippen LogP contribution in [0.4, 0.5) is 16.3 Å². The molecule has 132 valence electrons. The van der Waals surface area contributed by atoms with Crippen molar-refractivity contribution in [1.82, 2.24) is 20.0 Å². The van der Waals surface area contributed by atoms with Crippen molar-refractivity contribution in [2.24, 2.45) is 0 Å². The number of rotatable bonds is 4. The lowest BCUT2D eigenvalue weighted by Crippen LogP contribution is -2.54. The van der Waals surface area contributed by atoms with Crippen LogP contribution in [0.15, 0.2) is 0 Å². The smallest absolute Gasteiger partial charge is 0.333 e. The molecular weight excluding hydrogens is 312 g/mol. The Kier molecular flexibility index (Phi) is 4.59. The number of nitro groups is 1. The summed E-state index contributed by atoms with van der Waals surface area (Å²) in [5.41, 5.74) is 0.556. The average molecular weight is 336 g/mol. The van der Waals surface area contributed by atoms with Crippen LogP contribution in [0.2, 0.25) is 0 Å². The Balaban J connectivity index is 1.75. The molecule has 2 amide bonds. The molecule has 24 heavy (non-hydrogen) atoms. The molecule has 1 aromatic heterocycles. The summed E-state index contributed by atoms with van der Waals surface area (Å²) in [6, 6.07) is 0.222. The minimum absolute atomic E-state index is 0.0140. The molecule has 1 N–H and O–H groups in total. The van der Waals surface area contributed by atoms with E-state index in [1.54, 1.807) is 11.6 Å². The fourth-order valence-corrected chi connectivity index (χ4v) is 3.69. The van der Waals surface area contributed by atoms with Crippen LogP contribution in [0.25, 0.3) is 0 Å². The molecule has 9 nitrogen and oxygen atoms in total. The van der Waals surface area contributed by atoms with Crippen LogP contribution in [0.1, 0.15) is 31.9 Å². The minimum Gasteiger partial charge on any atom is -0.351 e. The van der Waals surface area contributed by atoms with Crippen LogP contribution in [-0.2, 0) is 6.54 Å². The van der Waals surface area contributed by atoms with Gasteiger partial charge in [-0.1, -0.05) is 0 Å². The van der Waals surface area contributed by atoms with Gasteiger partial charge in [0.1, 0.15) is 5.69 Å². The molecular formula is C15H24N6O3. The quantitative estimate of drug-likeness (QED) is 0.664. The first-order valence-electron chi connectivity index (χ1n) is 8.54. The molecule has 2 saturated heterocycles. The van der Waals surface area contributed by atoms with Crippen molar-refractivity contribution in [2.45, 2.75) is 45.7 Å². The number of anilines is 1. The van der Waals surface area contributed by atoms with Crippen LogP contribution in [0.5, 0.6) is 0 Å². The van der Waals surface area contributed by atoms with Gasteiger partial charge in [-0.05, 0) is 33.1 Å². The maximum Gasteiger partial charge on any atom is 0.333 e. The summed E-state index contributed by atoms with van der Waals surface area (Å²) in [5.74, 6) is 0.599. The molecule has 0 spiro atoms. The third kappa shape index (κ3) is 2.90. The highest BCUT2D eigenvalue weighted by Crippen LogP contribution is 2.34. The molecule has 9 heteroatoms. The molecule has 2 fully saturated rings. The van der Waals surface area contributed by atoms with Crippen molar-refractivity contribution in [1.29, 1.82) is 0 Å². The second-order valence-corrected chi connectivity index (χ2v) is 6.33. The first-order chi connectivity index (χ1) is 11.5. The zero-order chi connectivity index (χ0) is 17.3. The van der Waals surface area contributed by atoms with Gasteiger partial charge in [-0.15, -0.1) is 0 Å². The van der Waals surface area contributed by atoms with Gasteiger partial charge in [-0.3, -0.25) is 10.1 Å². The zero-order valence-electron chi connectivity index (χ0n) is 14.2. The molecule has 1 aromatic rings. The number of aryl methyl sites for hydroxylation is 2. The lowest BCUT2D eigenvalue weighted by molar-refractivity contribution is -0.384. The Bertz CT molecular complexity index is 635. The fourth-order valence-electron chi connectivity index (χ4n) is 3.69. The summed E-state index contributed by atoms with van der Waals surface area (Å²) in [6.07, 6.45) is 2.61. The van der Waals surface area contributed by atoms with Crippen molar-refractivity contribution in [2.75, 3.05) is 31.1 Å². The zero-order valence-corrected chi connectivity index (χ0v) is 14.2. The second kappa shape index (κ2) is 6.66. The van der Waals surface area contributed by atoms with E-state index in [1.807, 2.05) is 16.7 Å². The molecule has 3 rings (SSSR count). The van der Waals surface area contributed by atoms with Crippen LogP contribution < -0.4 is 10.2 Å². The van der Waals surface area contributed by atoms with Gasteiger partial charge in [0.25, 0.3) is 0 Å². The first-order valence-corrected chi connectivity index (χ1v) is 8.54. The van der Waals surface area contributed by atoms with E-state index in [0.29, 0.717) is 31.1 Å². The molecule has 0 aliphatic carbocycles. The van der Waals surface area contributed by atoms with E-state index >= 15 is 0 Å². The van der Waals surface area contributed by atoms with Crippen molar-refractivity contribution in [3.63, 3.8) is 0 Å². The number of nitrogens with zero attached hydrogens (tertiary/aromatic N) is 5. The standard InChI is InChI=1S/C15H24N6O3/c1-3-20-14(13(21(23)24)11(2)17-20)18-9-5-12(6-10-18)19-8-4-7-16-15(19)22/h12H,3-10H2,1-2H3,(H,16,22). The predicted molar refractivity (Wildman–Crippen MR) is 89.2 cm³/mol. The van der Waals surface area contributed by atoms with E-state index in [2.05, 4.69) is 10.4 Å². The third-order valence-electron chi connectivity index (χ3n) is 4.87. The number of hydrogen-bond donors (Lipinski definition) is 1. The normalized spacial score (nSPS) is 19.5. The molecule has 0 radical (unpaired) electrons. The molecule has 3 heterocycles. The predicted octanol–water partition coefficient (Wildman–Crippen LogP) is 1.50. The van der Waals surface area contributed by atoms with E-state index in [9.17, 15) is 14.9 Å². The van der Waals surface area contributed by atoms with Crippen molar-refractivity contribution >= 4 is 17.5 Å². The third-order valence-corrected chi connectivity index (χ3v) is 4.87. The van der Waals surface area contributed by atoms with Gasteiger partial charge in [-0.2, -0.15) is 5.10 Å². The number of carbonyl (C=O) groups is 1. The number of urea groups is 1. The Morgan fingerprint density at radius 2 is 2.04 bits per heavy atom. The Labute approximate surface area is 140 Å². The van der Waals surface area contributed by atoms with Gasteiger partial charge in [0, 0.05) is 38.8 Å². The monoisotopic (exact) mass is 336 g/mol. The molecule has 2 aliphatic rings.